The maximum Gasteiger partial charge on any atom is 0.146 e. The fourth-order valence-corrected chi connectivity index (χ4v) is 5.93. The van der Waals surface area contributed by atoms with Crippen molar-refractivity contribution in [1.29, 1.82) is 0 Å². The van der Waals surface area contributed by atoms with Gasteiger partial charge in [-0.3, -0.25) is 9.59 Å². The molecular formula is C15H26O2Si. The molecule has 0 aliphatic heterocycles. The van der Waals surface area contributed by atoms with Crippen molar-refractivity contribution in [2.24, 2.45) is 17.3 Å². The molecule has 18 heavy (non-hydrogen) atoms. The van der Waals surface area contributed by atoms with Gasteiger partial charge in [0.1, 0.15) is 11.6 Å². The van der Waals surface area contributed by atoms with Crippen LogP contribution in [0.15, 0.2) is 0 Å². The summed E-state index contributed by atoms with van der Waals surface area (Å²) in [7, 11) is -1.31. The van der Waals surface area contributed by atoms with Gasteiger partial charge in [-0.25, -0.2) is 0 Å². The molecule has 4 atom stereocenters. The first-order valence-corrected chi connectivity index (χ1v) is 10.8. The molecule has 0 radical (unpaired) electrons. The van der Waals surface area contributed by atoms with Gasteiger partial charge in [-0.1, -0.05) is 26.6 Å². The molecular weight excluding hydrogens is 240 g/mol. The zero-order valence-electron chi connectivity index (χ0n) is 12.4. The zero-order chi connectivity index (χ0) is 13.7. The van der Waals surface area contributed by atoms with Crippen LogP contribution in [0, 0.1) is 17.3 Å². The Morgan fingerprint density at radius 1 is 1.17 bits per heavy atom. The summed E-state index contributed by atoms with van der Waals surface area (Å²) in [4.78, 5) is 24.8. The van der Waals surface area contributed by atoms with Crippen LogP contribution in [-0.4, -0.2) is 19.6 Å². The molecule has 0 N–H and O–H groups in total. The van der Waals surface area contributed by atoms with E-state index in [2.05, 4.69) is 26.6 Å². The Balaban J connectivity index is 2.36. The summed E-state index contributed by atoms with van der Waals surface area (Å²) in [6.07, 6.45) is 3.35. The van der Waals surface area contributed by atoms with E-state index in [9.17, 15) is 9.59 Å². The summed E-state index contributed by atoms with van der Waals surface area (Å²) in [5, 5.41) is 0. The average molecular weight is 266 g/mol. The molecule has 2 nitrogen and oxygen atoms in total. The van der Waals surface area contributed by atoms with Crippen molar-refractivity contribution in [3.63, 3.8) is 0 Å². The van der Waals surface area contributed by atoms with Gasteiger partial charge in [0.15, 0.2) is 0 Å². The summed E-state index contributed by atoms with van der Waals surface area (Å²) in [5.41, 5.74) is -0.0939. The fraction of sp³-hybridized carbons (Fsp3) is 0.867. The zero-order valence-corrected chi connectivity index (χ0v) is 13.4. The predicted octanol–water partition coefficient (Wildman–Crippen LogP) is 3.68. The summed E-state index contributed by atoms with van der Waals surface area (Å²) in [6, 6.07) is 0. The maximum absolute atomic E-state index is 12.6. The molecule has 2 rings (SSSR count). The molecule has 0 bridgehead atoms. The molecule has 0 aromatic heterocycles. The van der Waals surface area contributed by atoms with Crippen LogP contribution in [-0.2, 0) is 9.59 Å². The minimum atomic E-state index is -1.31. The van der Waals surface area contributed by atoms with Gasteiger partial charge in [-0.2, -0.15) is 0 Å². The van der Waals surface area contributed by atoms with E-state index in [0.29, 0.717) is 30.2 Å². The van der Waals surface area contributed by atoms with Crippen LogP contribution < -0.4 is 0 Å². The Morgan fingerprint density at radius 2 is 1.78 bits per heavy atom. The largest absolute Gasteiger partial charge is 0.299 e. The third kappa shape index (κ3) is 2.00. The van der Waals surface area contributed by atoms with Gasteiger partial charge in [0.05, 0.1) is 5.41 Å². The van der Waals surface area contributed by atoms with Crippen LogP contribution in [0.5, 0.6) is 0 Å². The first kappa shape index (κ1) is 14.0. The van der Waals surface area contributed by atoms with Gasteiger partial charge in [0.25, 0.3) is 0 Å². The summed E-state index contributed by atoms with van der Waals surface area (Å²) in [5.74, 6) is 1.27. The smallest absolute Gasteiger partial charge is 0.146 e. The number of ketones is 2. The highest BCUT2D eigenvalue weighted by atomic mass is 28.3. The monoisotopic (exact) mass is 266 g/mol. The highest BCUT2D eigenvalue weighted by molar-refractivity contribution is 6.77. The molecule has 0 unspecified atom stereocenters. The molecule has 102 valence electrons. The quantitative estimate of drug-likeness (QED) is 0.536. The van der Waals surface area contributed by atoms with Gasteiger partial charge in [-0.05, 0) is 37.1 Å². The maximum atomic E-state index is 12.6. The molecule has 0 aromatic rings. The second kappa shape index (κ2) is 4.29. The third-order valence-corrected chi connectivity index (χ3v) is 8.47. The third-order valence-electron chi connectivity index (χ3n) is 5.58. The topological polar surface area (TPSA) is 34.1 Å². The van der Waals surface area contributed by atoms with Crippen molar-refractivity contribution < 1.29 is 9.59 Å². The van der Waals surface area contributed by atoms with E-state index < -0.39 is 13.5 Å². The molecule has 0 amide bonds. The van der Waals surface area contributed by atoms with E-state index in [-0.39, 0.29) is 11.6 Å². The highest BCUT2D eigenvalue weighted by Gasteiger charge is 2.55. The lowest BCUT2D eigenvalue weighted by Crippen LogP contribution is -2.39. The Labute approximate surface area is 112 Å². The number of fused-ring (bicyclic) bond motifs is 1. The van der Waals surface area contributed by atoms with Crippen molar-refractivity contribution in [1.82, 2.24) is 0 Å². The van der Waals surface area contributed by atoms with Crippen LogP contribution in [0.25, 0.3) is 0 Å². The summed E-state index contributed by atoms with van der Waals surface area (Å²) in [6.45, 7) is 11.2. The lowest BCUT2D eigenvalue weighted by molar-refractivity contribution is -0.139. The SMILES string of the molecule is C[C@H]1C[C@H]([Si](C)(C)C)CC(=O)[C@]2(C)C(=O)CC[C@H]12. The van der Waals surface area contributed by atoms with Crippen molar-refractivity contribution >= 4 is 19.6 Å². The van der Waals surface area contributed by atoms with Crippen molar-refractivity contribution in [2.75, 3.05) is 0 Å². The summed E-state index contributed by atoms with van der Waals surface area (Å²) >= 11 is 0. The number of hydrogen-bond acceptors (Lipinski definition) is 2. The van der Waals surface area contributed by atoms with Crippen molar-refractivity contribution in [3.8, 4) is 0 Å². The number of hydrogen-bond donors (Lipinski definition) is 0. The predicted molar refractivity (Wildman–Crippen MR) is 76.3 cm³/mol. The average Bonchev–Trinajstić information content (AvgIpc) is 2.49. The molecule has 0 spiro atoms. The minimum absolute atomic E-state index is 0.209. The molecule has 3 heteroatoms. The second-order valence-corrected chi connectivity index (χ2v) is 13.2. The molecule has 0 aromatic carbocycles. The number of Topliss-reactive ketones (excluding diaryl/α,β-unsaturated/α-hetero) is 2. The Hall–Kier alpha value is -0.443. The van der Waals surface area contributed by atoms with Crippen LogP contribution in [0.1, 0.15) is 39.5 Å². The molecule has 2 aliphatic rings. The normalized spacial score (nSPS) is 41.7. The van der Waals surface area contributed by atoms with Gasteiger partial charge in [0, 0.05) is 20.9 Å². The number of carbonyl (C=O) groups is 2. The van der Waals surface area contributed by atoms with Gasteiger partial charge in [-0.15, -0.1) is 0 Å². The standard InChI is InChI=1S/C15H26O2Si/c1-10-8-11(18(3,4)5)9-14(17)15(2)12(10)6-7-13(15)16/h10-12H,6-9H2,1-5H3/t10-,11-,12+,15-/m0/s1. The first-order valence-electron chi connectivity index (χ1n) is 7.24. The van der Waals surface area contributed by atoms with Crippen LogP contribution >= 0.6 is 0 Å². The Morgan fingerprint density at radius 3 is 2.33 bits per heavy atom. The van der Waals surface area contributed by atoms with Gasteiger partial charge in [0.2, 0.25) is 0 Å². The lowest BCUT2D eigenvalue weighted by Gasteiger charge is -2.30. The first-order chi connectivity index (χ1) is 8.17. The van der Waals surface area contributed by atoms with E-state index >= 15 is 0 Å². The molecule has 2 aliphatic carbocycles. The van der Waals surface area contributed by atoms with Gasteiger partial charge < -0.3 is 0 Å². The second-order valence-electron chi connectivity index (χ2n) is 7.67. The molecule has 2 saturated carbocycles. The molecule has 2 fully saturated rings. The molecule has 0 heterocycles. The van der Waals surface area contributed by atoms with Crippen LogP contribution in [0.2, 0.25) is 25.2 Å². The summed E-state index contributed by atoms with van der Waals surface area (Å²) < 4.78 is 0. The van der Waals surface area contributed by atoms with Crippen molar-refractivity contribution in [2.45, 2.75) is 64.7 Å². The van der Waals surface area contributed by atoms with E-state index in [0.717, 1.165) is 12.8 Å². The van der Waals surface area contributed by atoms with Gasteiger partial charge >= 0.3 is 0 Å². The Bertz CT molecular complexity index is 382. The van der Waals surface area contributed by atoms with Crippen molar-refractivity contribution in [3.05, 3.63) is 0 Å². The van der Waals surface area contributed by atoms with E-state index in [1.165, 1.54) is 0 Å². The van der Waals surface area contributed by atoms with E-state index in [4.69, 9.17) is 0 Å². The van der Waals surface area contributed by atoms with Crippen LogP contribution in [0.3, 0.4) is 0 Å². The minimum Gasteiger partial charge on any atom is -0.299 e. The van der Waals surface area contributed by atoms with E-state index in [1.54, 1.807) is 0 Å². The van der Waals surface area contributed by atoms with Crippen LogP contribution in [0.4, 0.5) is 0 Å². The fourth-order valence-electron chi connectivity index (χ4n) is 4.05. The molecule has 0 saturated heterocycles. The number of carbonyl (C=O) groups excluding carboxylic acids is 2. The number of rotatable bonds is 1. The van der Waals surface area contributed by atoms with E-state index in [1.807, 2.05) is 6.92 Å². The Kier molecular flexibility index (Phi) is 3.33. The highest BCUT2D eigenvalue weighted by Crippen LogP contribution is 2.52. The lowest BCUT2D eigenvalue weighted by atomic mass is 9.71.